The predicted octanol–water partition coefficient (Wildman–Crippen LogP) is 3.95. The van der Waals surface area contributed by atoms with Crippen LogP contribution in [0.25, 0.3) is 0 Å². The third kappa shape index (κ3) is 3.87. The molecule has 118 valence electrons. The van der Waals surface area contributed by atoms with E-state index in [9.17, 15) is 0 Å². The van der Waals surface area contributed by atoms with E-state index in [1.165, 1.54) is 28.7 Å². The molecule has 0 radical (unpaired) electrons. The third-order valence-corrected chi connectivity index (χ3v) is 4.91. The van der Waals surface area contributed by atoms with Crippen LogP contribution in [0, 0.1) is 26.7 Å². The van der Waals surface area contributed by atoms with Crippen LogP contribution in [0.4, 0.5) is 0 Å². The van der Waals surface area contributed by atoms with Crippen LogP contribution < -0.4 is 5.32 Å². The Kier molecular flexibility index (Phi) is 5.83. The summed E-state index contributed by atoms with van der Waals surface area (Å²) < 4.78 is 5.92. The number of hydrogen-bond donors (Lipinski definition) is 1. The Morgan fingerprint density at radius 2 is 1.86 bits per heavy atom. The molecule has 3 atom stereocenters. The first kappa shape index (κ1) is 16.5. The Morgan fingerprint density at radius 1 is 1.19 bits per heavy atom. The molecule has 1 aromatic carbocycles. The number of hydrogen-bond acceptors (Lipinski definition) is 2. The zero-order valence-corrected chi connectivity index (χ0v) is 14.3. The maximum absolute atomic E-state index is 5.92. The van der Waals surface area contributed by atoms with Crippen molar-refractivity contribution in [3.8, 4) is 0 Å². The highest BCUT2D eigenvalue weighted by Gasteiger charge is 2.33. The van der Waals surface area contributed by atoms with E-state index in [0.29, 0.717) is 18.1 Å². The summed E-state index contributed by atoms with van der Waals surface area (Å²) >= 11 is 0. The van der Waals surface area contributed by atoms with Crippen molar-refractivity contribution in [1.82, 2.24) is 5.32 Å². The maximum atomic E-state index is 5.92. The van der Waals surface area contributed by atoms with Gasteiger partial charge in [0.25, 0.3) is 0 Å². The highest BCUT2D eigenvalue weighted by molar-refractivity contribution is 5.38. The van der Waals surface area contributed by atoms with Crippen LogP contribution in [-0.2, 0) is 11.2 Å². The SMILES string of the molecule is CCNC(Cc1c(C)cc(C)cc1C)C1CCOC1CC. The van der Waals surface area contributed by atoms with Gasteiger partial charge in [-0.15, -0.1) is 0 Å². The summed E-state index contributed by atoms with van der Waals surface area (Å²) in [5.74, 6) is 0.648. The van der Waals surface area contributed by atoms with Crippen LogP contribution in [0.5, 0.6) is 0 Å². The van der Waals surface area contributed by atoms with Crippen LogP contribution in [0.1, 0.15) is 48.9 Å². The van der Waals surface area contributed by atoms with Gasteiger partial charge in [-0.25, -0.2) is 0 Å². The predicted molar refractivity (Wildman–Crippen MR) is 90.0 cm³/mol. The topological polar surface area (TPSA) is 21.3 Å². The molecule has 1 aliphatic rings. The molecular weight excluding hydrogens is 258 g/mol. The van der Waals surface area contributed by atoms with Crippen LogP contribution in [0.3, 0.4) is 0 Å². The van der Waals surface area contributed by atoms with Crippen molar-refractivity contribution in [1.29, 1.82) is 0 Å². The Hall–Kier alpha value is -0.860. The van der Waals surface area contributed by atoms with Gasteiger partial charge in [0.15, 0.2) is 0 Å². The molecule has 0 amide bonds. The first-order valence-corrected chi connectivity index (χ1v) is 8.48. The molecule has 21 heavy (non-hydrogen) atoms. The molecular formula is C19H31NO. The molecule has 1 aromatic rings. The summed E-state index contributed by atoms with van der Waals surface area (Å²) in [6.07, 6.45) is 3.87. The molecule has 0 saturated carbocycles. The number of benzene rings is 1. The van der Waals surface area contributed by atoms with Gasteiger partial charge in [0.05, 0.1) is 6.10 Å². The van der Waals surface area contributed by atoms with Gasteiger partial charge in [-0.05, 0) is 63.3 Å². The second-order valence-electron chi connectivity index (χ2n) is 6.52. The Morgan fingerprint density at radius 3 is 2.43 bits per heavy atom. The number of likely N-dealkylation sites (N-methyl/N-ethyl adjacent to an activating group) is 1. The molecule has 1 saturated heterocycles. The monoisotopic (exact) mass is 289 g/mol. The van der Waals surface area contributed by atoms with Crippen molar-refractivity contribution >= 4 is 0 Å². The average molecular weight is 289 g/mol. The van der Waals surface area contributed by atoms with E-state index < -0.39 is 0 Å². The van der Waals surface area contributed by atoms with Gasteiger partial charge in [-0.1, -0.05) is 31.5 Å². The van der Waals surface area contributed by atoms with E-state index in [0.717, 1.165) is 26.0 Å². The average Bonchev–Trinajstić information content (AvgIpc) is 2.89. The van der Waals surface area contributed by atoms with Crippen LogP contribution in [0.2, 0.25) is 0 Å². The summed E-state index contributed by atoms with van der Waals surface area (Å²) in [5.41, 5.74) is 5.75. The van der Waals surface area contributed by atoms with Gasteiger partial charge >= 0.3 is 0 Å². The molecule has 0 spiro atoms. The summed E-state index contributed by atoms with van der Waals surface area (Å²) in [6.45, 7) is 13.1. The third-order valence-electron chi connectivity index (χ3n) is 4.91. The van der Waals surface area contributed by atoms with E-state index in [1.54, 1.807) is 0 Å². The Balaban J connectivity index is 2.20. The van der Waals surface area contributed by atoms with Gasteiger partial charge in [0.2, 0.25) is 0 Å². The largest absolute Gasteiger partial charge is 0.378 e. The number of nitrogens with one attached hydrogen (secondary N) is 1. The lowest BCUT2D eigenvalue weighted by Gasteiger charge is -2.29. The van der Waals surface area contributed by atoms with Crippen LogP contribution in [0.15, 0.2) is 12.1 Å². The lowest BCUT2D eigenvalue weighted by Crippen LogP contribution is -2.41. The first-order chi connectivity index (χ1) is 10.1. The minimum absolute atomic E-state index is 0.431. The van der Waals surface area contributed by atoms with Crippen molar-refractivity contribution in [3.63, 3.8) is 0 Å². The summed E-state index contributed by atoms with van der Waals surface area (Å²) in [5, 5.41) is 3.73. The molecule has 0 aliphatic carbocycles. The zero-order chi connectivity index (χ0) is 15.4. The van der Waals surface area contributed by atoms with Gasteiger partial charge < -0.3 is 10.1 Å². The molecule has 1 heterocycles. The summed E-state index contributed by atoms with van der Waals surface area (Å²) in [7, 11) is 0. The van der Waals surface area contributed by atoms with Crippen molar-refractivity contribution in [3.05, 3.63) is 34.4 Å². The maximum Gasteiger partial charge on any atom is 0.0616 e. The van der Waals surface area contributed by atoms with Crippen LogP contribution in [-0.4, -0.2) is 25.3 Å². The van der Waals surface area contributed by atoms with Crippen molar-refractivity contribution < 1.29 is 4.74 Å². The van der Waals surface area contributed by atoms with E-state index in [-0.39, 0.29) is 0 Å². The molecule has 2 heteroatoms. The molecule has 3 unspecified atom stereocenters. The number of ether oxygens (including phenoxy) is 1. The molecule has 1 N–H and O–H groups in total. The number of rotatable bonds is 6. The van der Waals surface area contributed by atoms with E-state index in [4.69, 9.17) is 4.74 Å². The van der Waals surface area contributed by atoms with E-state index >= 15 is 0 Å². The quantitative estimate of drug-likeness (QED) is 0.856. The van der Waals surface area contributed by atoms with Gasteiger partial charge in [-0.2, -0.15) is 0 Å². The molecule has 0 bridgehead atoms. The standard InChI is InChI=1S/C19H31NO/c1-6-19-16(8-9-21-19)18(20-7-2)12-17-14(4)10-13(3)11-15(17)5/h10-11,16,18-20H,6-9,12H2,1-5H3. The fraction of sp³-hybridized carbons (Fsp3) is 0.684. The van der Waals surface area contributed by atoms with Gasteiger partial charge in [0, 0.05) is 18.6 Å². The Labute approximate surface area is 130 Å². The lowest BCUT2D eigenvalue weighted by molar-refractivity contribution is 0.0776. The van der Waals surface area contributed by atoms with Crippen molar-refractivity contribution in [2.75, 3.05) is 13.2 Å². The summed E-state index contributed by atoms with van der Waals surface area (Å²) in [4.78, 5) is 0. The molecule has 1 fully saturated rings. The fourth-order valence-electron chi connectivity index (χ4n) is 3.93. The highest BCUT2D eigenvalue weighted by Crippen LogP contribution is 2.29. The zero-order valence-electron chi connectivity index (χ0n) is 14.3. The number of aryl methyl sites for hydroxylation is 3. The van der Waals surface area contributed by atoms with Gasteiger partial charge in [-0.3, -0.25) is 0 Å². The first-order valence-electron chi connectivity index (χ1n) is 8.48. The Bertz CT molecular complexity index is 446. The highest BCUT2D eigenvalue weighted by atomic mass is 16.5. The smallest absolute Gasteiger partial charge is 0.0616 e. The van der Waals surface area contributed by atoms with E-state index in [1.807, 2.05) is 0 Å². The molecule has 2 rings (SSSR count). The fourth-order valence-corrected chi connectivity index (χ4v) is 3.93. The van der Waals surface area contributed by atoms with Crippen molar-refractivity contribution in [2.24, 2.45) is 5.92 Å². The molecule has 1 aliphatic heterocycles. The molecule has 2 nitrogen and oxygen atoms in total. The lowest BCUT2D eigenvalue weighted by atomic mass is 9.84. The van der Waals surface area contributed by atoms with E-state index in [2.05, 4.69) is 52.1 Å². The van der Waals surface area contributed by atoms with Crippen LogP contribution >= 0.6 is 0 Å². The summed E-state index contributed by atoms with van der Waals surface area (Å²) in [6, 6.07) is 5.16. The second kappa shape index (κ2) is 7.42. The normalized spacial score (nSPS) is 23.5. The minimum atomic E-state index is 0.431. The van der Waals surface area contributed by atoms with Gasteiger partial charge in [0.1, 0.15) is 0 Å². The minimum Gasteiger partial charge on any atom is -0.378 e. The second-order valence-corrected chi connectivity index (χ2v) is 6.52. The van der Waals surface area contributed by atoms with Crippen molar-refractivity contribution in [2.45, 2.75) is 66.0 Å². The molecule has 0 aromatic heterocycles.